The van der Waals surface area contributed by atoms with Crippen LogP contribution in [0.1, 0.15) is 25.3 Å². The van der Waals surface area contributed by atoms with E-state index in [-0.39, 0.29) is 19.1 Å². The summed E-state index contributed by atoms with van der Waals surface area (Å²) in [5.74, 6) is -0.00386. The Labute approximate surface area is 135 Å². The van der Waals surface area contributed by atoms with Gasteiger partial charge in [-0.25, -0.2) is 4.79 Å². The second-order valence-corrected chi connectivity index (χ2v) is 5.64. The van der Waals surface area contributed by atoms with Crippen molar-refractivity contribution in [2.24, 2.45) is 5.92 Å². The van der Waals surface area contributed by atoms with Gasteiger partial charge in [-0.1, -0.05) is 19.1 Å². The average molecular weight is 316 g/mol. The third kappa shape index (κ3) is 4.99. The SMILES string of the molecule is CC1CCCN(C(=O)COC(=O)COc2ccccc2C#N)C1. The number of carbonyl (C=O) groups excluding carboxylic acids is 2. The normalized spacial score (nSPS) is 17.2. The molecule has 6 nitrogen and oxygen atoms in total. The van der Waals surface area contributed by atoms with E-state index in [1.165, 1.54) is 0 Å². The van der Waals surface area contributed by atoms with Crippen molar-refractivity contribution < 1.29 is 19.1 Å². The molecule has 1 amide bonds. The summed E-state index contributed by atoms with van der Waals surface area (Å²) in [4.78, 5) is 25.4. The Balaban J connectivity index is 1.75. The number of hydrogen-bond donors (Lipinski definition) is 0. The van der Waals surface area contributed by atoms with Crippen molar-refractivity contribution >= 4 is 11.9 Å². The van der Waals surface area contributed by atoms with E-state index in [0.29, 0.717) is 30.3 Å². The minimum Gasteiger partial charge on any atom is -0.481 e. The molecule has 1 aliphatic rings. The molecule has 122 valence electrons. The highest BCUT2D eigenvalue weighted by molar-refractivity contribution is 5.81. The lowest BCUT2D eigenvalue weighted by molar-refractivity contribution is -0.154. The molecule has 23 heavy (non-hydrogen) atoms. The van der Waals surface area contributed by atoms with Gasteiger partial charge in [-0.15, -0.1) is 0 Å². The summed E-state index contributed by atoms with van der Waals surface area (Å²) in [5, 5.41) is 8.93. The second-order valence-electron chi connectivity index (χ2n) is 5.64. The number of piperidine rings is 1. The van der Waals surface area contributed by atoms with Gasteiger partial charge < -0.3 is 14.4 Å². The summed E-state index contributed by atoms with van der Waals surface area (Å²) < 4.78 is 10.2. The Morgan fingerprint density at radius 2 is 2.13 bits per heavy atom. The van der Waals surface area contributed by atoms with Crippen LogP contribution in [0.15, 0.2) is 24.3 Å². The van der Waals surface area contributed by atoms with Crippen molar-refractivity contribution in [2.45, 2.75) is 19.8 Å². The fourth-order valence-corrected chi connectivity index (χ4v) is 2.51. The molecule has 0 aliphatic carbocycles. The molecule has 0 N–H and O–H groups in total. The molecule has 1 heterocycles. The van der Waals surface area contributed by atoms with Gasteiger partial charge in [-0.2, -0.15) is 5.26 Å². The number of amides is 1. The first-order chi connectivity index (χ1) is 11.1. The standard InChI is InChI=1S/C17H20N2O4/c1-13-5-4-8-19(10-13)16(20)11-23-17(21)12-22-15-7-3-2-6-14(15)9-18/h2-3,6-7,13H,4-5,8,10-12H2,1H3. The third-order valence-corrected chi connectivity index (χ3v) is 3.72. The van der Waals surface area contributed by atoms with Gasteiger partial charge in [0.25, 0.3) is 5.91 Å². The summed E-state index contributed by atoms with van der Waals surface area (Å²) >= 11 is 0. The molecule has 0 radical (unpaired) electrons. The van der Waals surface area contributed by atoms with Gasteiger partial charge in [-0.3, -0.25) is 4.79 Å². The molecule has 1 aliphatic heterocycles. The van der Waals surface area contributed by atoms with E-state index in [1.54, 1.807) is 29.2 Å². The molecular formula is C17H20N2O4. The number of benzene rings is 1. The summed E-state index contributed by atoms with van der Waals surface area (Å²) in [5.41, 5.74) is 0.346. The minimum atomic E-state index is -0.629. The van der Waals surface area contributed by atoms with Gasteiger partial charge in [0, 0.05) is 13.1 Å². The number of likely N-dealkylation sites (tertiary alicyclic amines) is 1. The van der Waals surface area contributed by atoms with E-state index in [2.05, 4.69) is 6.92 Å². The number of ether oxygens (including phenoxy) is 2. The Bertz CT molecular complexity index is 609. The number of nitrogens with zero attached hydrogens (tertiary/aromatic N) is 2. The molecule has 0 saturated carbocycles. The molecule has 1 aromatic rings. The van der Waals surface area contributed by atoms with Crippen LogP contribution in [0, 0.1) is 17.2 Å². The summed E-state index contributed by atoms with van der Waals surface area (Å²) in [6.07, 6.45) is 2.10. The van der Waals surface area contributed by atoms with Gasteiger partial charge >= 0.3 is 5.97 Å². The first-order valence-electron chi connectivity index (χ1n) is 7.65. The van der Waals surface area contributed by atoms with Crippen molar-refractivity contribution in [3.05, 3.63) is 29.8 Å². The number of rotatable bonds is 5. The lowest BCUT2D eigenvalue weighted by atomic mass is 10.0. The van der Waals surface area contributed by atoms with E-state index in [1.807, 2.05) is 6.07 Å². The van der Waals surface area contributed by atoms with Crippen LogP contribution in [0.4, 0.5) is 0 Å². The van der Waals surface area contributed by atoms with Crippen molar-refractivity contribution in [2.75, 3.05) is 26.3 Å². The molecule has 0 spiro atoms. The van der Waals surface area contributed by atoms with Crippen LogP contribution in [0.5, 0.6) is 5.75 Å². The Morgan fingerprint density at radius 3 is 2.87 bits per heavy atom. The molecule has 1 unspecified atom stereocenters. The maximum Gasteiger partial charge on any atom is 0.344 e. The van der Waals surface area contributed by atoms with Crippen LogP contribution in [0.3, 0.4) is 0 Å². The smallest absolute Gasteiger partial charge is 0.344 e. The molecule has 1 fully saturated rings. The number of para-hydroxylation sites is 1. The van der Waals surface area contributed by atoms with Crippen molar-refractivity contribution in [1.29, 1.82) is 5.26 Å². The minimum absolute atomic E-state index is 0.178. The number of nitriles is 1. The van der Waals surface area contributed by atoms with E-state index in [9.17, 15) is 9.59 Å². The quantitative estimate of drug-likeness (QED) is 0.773. The average Bonchev–Trinajstić information content (AvgIpc) is 2.58. The number of esters is 1. The topological polar surface area (TPSA) is 79.6 Å². The van der Waals surface area contributed by atoms with Crippen LogP contribution in [-0.4, -0.2) is 43.1 Å². The molecule has 2 rings (SSSR count). The van der Waals surface area contributed by atoms with Crippen LogP contribution >= 0.6 is 0 Å². The fraction of sp³-hybridized carbons (Fsp3) is 0.471. The lowest BCUT2D eigenvalue weighted by Crippen LogP contribution is -2.41. The zero-order chi connectivity index (χ0) is 16.7. The van der Waals surface area contributed by atoms with Crippen molar-refractivity contribution in [1.82, 2.24) is 4.90 Å². The van der Waals surface area contributed by atoms with Gasteiger partial charge in [-0.05, 0) is 30.9 Å². The lowest BCUT2D eigenvalue weighted by Gasteiger charge is -2.30. The Kier molecular flexibility index (Phi) is 5.98. The number of carbonyl (C=O) groups is 2. The van der Waals surface area contributed by atoms with Crippen molar-refractivity contribution in [3.63, 3.8) is 0 Å². The molecular weight excluding hydrogens is 296 g/mol. The van der Waals surface area contributed by atoms with Crippen LogP contribution in [0.2, 0.25) is 0 Å². The predicted molar refractivity (Wildman–Crippen MR) is 82.6 cm³/mol. The van der Waals surface area contributed by atoms with Crippen LogP contribution < -0.4 is 4.74 Å². The predicted octanol–water partition coefficient (Wildman–Crippen LogP) is 1.74. The molecule has 0 bridgehead atoms. The maximum absolute atomic E-state index is 12.0. The highest BCUT2D eigenvalue weighted by Gasteiger charge is 2.21. The van der Waals surface area contributed by atoms with Gasteiger partial charge in [0.1, 0.15) is 11.8 Å². The zero-order valence-corrected chi connectivity index (χ0v) is 13.2. The molecule has 1 saturated heterocycles. The van der Waals surface area contributed by atoms with Gasteiger partial charge in [0.05, 0.1) is 5.56 Å². The van der Waals surface area contributed by atoms with E-state index in [0.717, 1.165) is 12.8 Å². The van der Waals surface area contributed by atoms with Crippen LogP contribution in [-0.2, 0) is 14.3 Å². The zero-order valence-electron chi connectivity index (χ0n) is 13.2. The van der Waals surface area contributed by atoms with Gasteiger partial charge in [0.2, 0.25) is 0 Å². The summed E-state index contributed by atoms with van der Waals surface area (Å²) in [6.45, 7) is 2.93. The number of hydrogen-bond acceptors (Lipinski definition) is 5. The summed E-state index contributed by atoms with van der Waals surface area (Å²) in [6, 6.07) is 8.60. The monoisotopic (exact) mass is 316 g/mol. The van der Waals surface area contributed by atoms with E-state index >= 15 is 0 Å². The largest absolute Gasteiger partial charge is 0.481 e. The summed E-state index contributed by atoms with van der Waals surface area (Å²) in [7, 11) is 0. The fourth-order valence-electron chi connectivity index (χ4n) is 2.51. The first kappa shape index (κ1) is 16.8. The highest BCUT2D eigenvalue weighted by Crippen LogP contribution is 2.17. The Hall–Kier alpha value is -2.55. The molecule has 6 heteroatoms. The second kappa shape index (κ2) is 8.18. The van der Waals surface area contributed by atoms with Crippen molar-refractivity contribution in [3.8, 4) is 11.8 Å². The molecule has 1 aromatic carbocycles. The van der Waals surface area contributed by atoms with E-state index in [4.69, 9.17) is 14.7 Å². The Morgan fingerprint density at radius 1 is 1.35 bits per heavy atom. The van der Waals surface area contributed by atoms with Crippen LogP contribution in [0.25, 0.3) is 0 Å². The van der Waals surface area contributed by atoms with Gasteiger partial charge in [0.15, 0.2) is 13.2 Å². The third-order valence-electron chi connectivity index (χ3n) is 3.72. The highest BCUT2D eigenvalue weighted by atomic mass is 16.6. The van der Waals surface area contributed by atoms with E-state index < -0.39 is 5.97 Å². The molecule has 1 atom stereocenters. The maximum atomic E-state index is 12.0. The molecule has 0 aromatic heterocycles. The first-order valence-corrected chi connectivity index (χ1v) is 7.65.